The van der Waals surface area contributed by atoms with Crippen molar-refractivity contribution in [2.45, 2.75) is 51.5 Å². The molecule has 2 aromatic rings. The Morgan fingerprint density at radius 3 is 2.63 bits per heavy atom. The van der Waals surface area contributed by atoms with Crippen LogP contribution >= 0.6 is 0 Å². The lowest BCUT2D eigenvalue weighted by molar-refractivity contribution is 0.577. The van der Waals surface area contributed by atoms with Crippen LogP contribution in [0.2, 0.25) is 0 Å². The summed E-state index contributed by atoms with van der Waals surface area (Å²) in [6.07, 6.45) is 9.04. The van der Waals surface area contributed by atoms with Gasteiger partial charge in [-0.15, -0.1) is 0 Å². The van der Waals surface area contributed by atoms with Gasteiger partial charge in [0.2, 0.25) is 0 Å². The zero-order valence-corrected chi connectivity index (χ0v) is 11.7. The van der Waals surface area contributed by atoms with Crippen molar-refractivity contribution in [3.8, 4) is 0 Å². The van der Waals surface area contributed by atoms with E-state index in [4.69, 9.17) is 5.73 Å². The van der Waals surface area contributed by atoms with Gasteiger partial charge >= 0.3 is 0 Å². The van der Waals surface area contributed by atoms with E-state index in [0.29, 0.717) is 0 Å². The first-order valence-electron chi connectivity index (χ1n) is 7.71. The van der Waals surface area contributed by atoms with Crippen molar-refractivity contribution in [1.82, 2.24) is 4.57 Å². The molecule has 19 heavy (non-hydrogen) atoms. The molecule has 1 aromatic heterocycles. The lowest BCUT2D eigenvalue weighted by Crippen LogP contribution is -2.10. The van der Waals surface area contributed by atoms with E-state index in [0.717, 1.165) is 19.5 Å². The summed E-state index contributed by atoms with van der Waals surface area (Å²) in [4.78, 5) is 0. The van der Waals surface area contributed by atoms with Crippen molar-refractivity contribution >= 4 is 10.9 Å². The molecule has 3 rings (SSSR count). The van der Waals surface area contributed by atoms with Crippen molar-refractivity contribution < 1.29 is 0 Å². The van der Waals surface area contributed by atoms with Crippen LogP contribution in [0, 0.1) is 0 Å². The van der Waals surface area contributed by atoms with Gasteiger partial charge in [0, 0.05) is 23.1 Å². The number of aryl methyl sites for hydroxylation is 2. The Morgan fingerprint density at radius 2 is 1.79 bits per heavy atom. The molecular weight excluding hydrogens is 232 g/mol. The van der Waals surface area contributed by atoms with Crippen LogP contribution in [-0.4, -0.2) is 11.1 Å². The second kappa shape index (κ2) is 5.79. The number of benzene rings is 1. The van der Waals surface area contributed by atoms with E-state index in [1.54, 1.807) is 11.3 Å². The number of nitrogens with two attached hydrogens (primary N) is 1. The van der Waals surface area contributed by atoms with E-state index >= 15 is 0 Å². The minimum Gasteiger partial charge on any atom is -0.344 e. The molecule has 1 heterocycles. The van der Waals surface area contributed by atoms with E-state index in [2.05, 4.69) is 28.8 Å². The zero-order chi connectivity index (χ0) is 13.1. The molecule has 0 spiro atoms. The van der Waals surface area contributed by atoms with Crippen LogP contribution in [0.1, 0.15) is 43.4 Å². The summed E-state index contributed by atoms with van der Waals surface area (Å²) in [7, 11) is 0. The highest BCUT2D eigenvalue weighted by atomic mass is 15.0. The third kappa shape index (κ3) is 2.42. The lowest BCUT2D eigenvalue weighted by atomic mass is 9.97. The van der Waals surface area contributed by atoms with Crippen LogP contribution in [0.5, 0.6) is 0 Å². The van der Waals surface area contributed by atoms with Crippen LogP contribution in [0.25, 0.3) is 10.9 Å². The van der Waals surface area contributed by atoms with Crippen LogP contribution in [-0.2, 0) is 19.4 Å². The maximum atomic E-state index is 5.71. The van der Waals surface area contributed by atoms with Crippen molar-refractivity contribution in [2.24, 2.45) is 5.73 Å². The second-order valence-corrected chi connectivity index (χ2v) is 5.65. The van der Waals surface area contributed by atoms with Crippen LogP contribution in [0.4, 0.5) is 0 Å². The van der Waals surface area contributed by atoms with Crippen molar-refractivity contribution in [3.63, 3.8) is 0 Å². The summed E-state index contributed by atoms with van der Waals surface area (Å²) in [5, 5.41) is 1.48. The molecule has 1 aliphatic carbocycles. The molecule has 0 amide bonds. The molecule has 0 unspecified atom stereocenters. The van der Waals surface area contributed by atoms with Gasteiger partial charge in [0.1, 0.15) is 0 Å². The molecule has 0 bridgehead atoms. The molecule has 0 saturated heterocycles. The Balaban J connectivity index is 2.12. The number of para-hydroxylation sites is 1. The van der Waals surface area contributed by atoms with E-state index in [-0.39, 0.29) is 0 Å². The Bertz CT molecular complexity index is 554. The standard InChI is InChI=1S/C17H24N2/c18-12-7-13-19-16-10-4-2-1-3-8-14(16)15-9-5-6-11-17(15)19/h5-6,9,11H,1-4,7-8,10,12-13,18H2. The minimum absolute atomic E-state index is 0.779. The normalized spacial score (nSPS) is 16.1. The first kappa shape index (κ1) is 12.7. The molecule has 102 valence electrons. The topological polar surface area (TPSA) is 30.9 Å². The number of hydrogen-bond donors (Lipinski definition) is 1. The number of fused-ring (bicyclic) bond motifs is 3. The Morgan fingerprint density at radius 1 is 1.00 bits per heavy atom. The quantitative estimate of drug-likeness (QED) is 0.893. The summed E-state index contributed by atoms with van der Waals surface area (Å²) in [6, 6.07) is 8.91. The molecule has 0 saturated carbocycles. The molecule has 0 atom stereocenters. The van der Waals surface area contributed by atoms with Gasteiger partial charge in [-0.3, -0.25) is 0 Å². The van der Waals surface area contributed by atoms with Gasteiger partial charge in [0.15, 0.2) is 0 Å². The third-order valence-electron chi connectivity index (χ3n) is 4.37. The van der Waals surface area contributed by atoms with Gasteiger partial charge in [0.05, 0.1) is 0 Å². The predicted molar refractivity (Wildman–Crippen MR) is 81.5 cm³/mol. The summed E-state index contributed by atoms with van der Waals surface area (Å²) in [5.74, 6) is 0. The summed E-state index contributed by atoms with van der Waals surface area (Å²) in [5.41, 5.74) is 10.3. The predicted octanol–water partition coefficient (Wildman–Crippen LogP) is 3.65. The van der Waals surface area contributed by atoms with E-state index in [1.807, 2.05) is 0 Å². The largest absolute Gasteiger partial charge is 0.344 e. The average molecular weight is 256 g/mol. The summed E-state index contributed by atoms with van der Waals surface area (Å²) in [6.45, 7) is 1.85. The highest BCUT2D eigenvalue weighted by Crippen LogP contribution is 2.31. The van der Waals surface area contributed by atoms with Gasteiger partial charge in [-0.2, -0.15) is 0 Å². The van der Waals surface area contributed by atoms with Gasteiger partial charge in [0.25, 0.3) is 0 Å². The highest BCUT2D eigenvalue weighted by Gasteiger charge is 2.17. The van der Waals surface area contributed by atoms with Crippen LogP contribution in [0.3, 0.4) is 0 Å². The van der Waals surface area contributed by atoms with Gasteiger partial charge in [-0.05, 0) is 50.3 Å². The lowest BCUT2D eigenvalue weighted by Gasteiger charge is -2.14. The maximum absolute atomic E-state index is 5.71. The van der Waals surface area contributed by atoms with Crippen molar-refractivity contribution in [1.29, 1.82) is 0 Å². The summed E-state index contributed by atoms with van der Waals surface area (Å²) >= 11 is 0. The Kier molecular flexibility index (Phi) is 3.88. The van der Waals surface area contributed by atoms with E-state index < -0.39 is 0 Å². The Labute approximate surface area is 115 Å². The number of rotatable bonds is 3. The fraction of sp³-hybridized carbons (Fsp3) is 0.529. The second-order valence-electron chi connectivity index (χ2n) is 5.65. The number of nitrogens with zero attached hydrogens (tertiary/aromatic N) is 1. The van der Waals surface area contributed by atoms with Crippen molar-refractivity contribution in [2.75, 3.05) is 6.54 Å². The van der Waals surface area contributed by atoms with Gasteiger partial charge < -0.3 is 10.3 Å². The maximum Gasteiger partial charge on any atom is 0.0485 e. The van der Waals surface area contributed by atoms with Crippen LogP contribution in [0.15, 0.2) is 24.3 Å². The summed E-state index contributed by atoms with van der Waals surface area (Å²) < 4.78 is 2.54. The first-order chi connectivity index (χ1) is 9.42. The van der Waals surface area contributed by atoms with Crippen molar-refractivity contribution in [3.05, 3.63) is 35.5 Å². The SMILES string of the molecule is NCCCn1c2c(c3ccccc31)CCCCCC2. The molecule has 2 heteroatoms. The zero-order valence-electron chi connectivity index (χ0n) is 11.7. The van der Waals surface area contributed by atoms with E-state index in [9.17, 15) is 0 Å². The van der Waals surface area contributed by atoms with Gasteiger partial charge in [-0.25, -0.2) is 0 Å². The first-order valence-corrected chi connectivity index (χ1v) is 7.71. The van der Waals surface area contributed by atoms with E-state index in [1.165, 1.54) is 49.4 Å². The molecule has 2 nitrogen and oxygen atoms in total. The molecule has 0 aliphatic heterocycles. The minimum atomic E-state index is 0.779. The highest BCUT2D eigenvalue weighted by molar-refractivity contribution is 5.85. The molecule has 0 fully saturated rings. The average Bonchev–Trinajstić information content (AvgIpc) is 2.69. The van der Waals surface area contributed by atoms with Crippen LogP contribution < -0.4 is 5.73 Å². The molecular formula is C17H24N2. The fourth-order valence-corrected chi connectivity index (χ4v) is 3.45. The number of hydrogen-bond acceptors (Lipinski definition) is 1. The molecule has 1 aliphatic rings. The third-order valence-corrected chi connectivity index (χ3v) is 4.37. The molecule has 2 N–H and O–H groups in total. The smallest absolute Gasteiger partial charge is 0.0485 e. The molecule has 0 radical (unpaired) electrons. The number of aromatic nitrogens is 1. The van der Waals surface area contributed by atoms with Gasteiger partial charge in [-0.1, -0.05) is 31.0 Å². The Hall–Kier alpha value is -1.28. The monoisotopic (exact) mass is 256 g/mol. The molecule has 1 aromatic carbocycles. The fourth-order valence-electron chi connectivity index (χ4n) is 3.45.